The molecule has 5 rings (SSSR count). The minimum Gasteiger partial charge on any atom is -0.489 e. The van der Waals surface area contributed by atoms with Gasteiger partial charge >= 0.3 is 5.97 Å². The molecule has 0 atom stereocenters. The largest absolute Gasteiger partial charge is 0.489 e. The summed E-state index contributed by atoms with van der Waals surface area (Å²) in [5.74, 6) is -1.79. The number of benzene rings is 1. The molecule has 0 saturated heterocycles. The summed E-state index contributed by atoms with van der Waals surface area (Å²) < 4.78 is 21.8. The monoisotopic (exact) mass is 486 g/mol. The summed E-state index contributed by atoms with van der Waals surface area (Å²) in [5, 5.41) is 14.4. The highest BCUT2D eigenvalue weighted by molar-refractivity contribution is 6.31. The van der Waals surface area contributed by atoms with Crippen molar-refractivity contribution in [3.05, 3.63) is 57.2 Å². The second-order valence-electron chi connectivity index (χ2n) is 8.99. The third-order valence-corrected chi connectivity index (χ3v) is 7.28. The Hall–Kier alpha value is -3.20. The van der Waals surface area contributed by atoms with Gasteiger partial charge in [0.1, 0.15) is 11.6 Å². The van der Waals surface area contributed by atoms with Crippen molar-refractivity contribution in [1.82, 2.24) is 19.5 Å². The standard InChI is InChI=1S/C24H24ClFN4O4/c1-12-21(25)13(2)30-22(27-12)18-10-29(11-19(18)28-30)23(31)17-8-5-15(26)9-20(17)34-16-6-3-14(4-7-16)24(32)33/h5,8-9,14,16H,3-4,6-7,10-11H2,1-2H3,(H,32,33)/t14-,16-. The SMILES string of the molecule is Cc1nc2c3c(nn2c(C)c1Cl)CN(C(=O)c1ccc(F)cc1O[C@H]1CC[C@H](C(=O)O)CC1)C3. The molecule has 34 heavy (non-hydrogen) atoms. The van der Waals surface area contributed by atoms with Crippen molar-refractivity contribution < 1.29 is 23.8 Å². The number of aliphatic carboxylic acids is 1. The van der Waals surface area contributed by atoms with Crippen LogP contribution < -0.4 is 4.74 Å². The topological polar surface area (TPSA) is 97.0 Å². The molecule has 0 radical (unpaired) electrons. The fourth-order valence-corrected chi connectivity index (χ4v) is 4.93. The van der Waals surface area contributed by atoms with Crippen LogP contribution >= 0.6 is 11.6 Å². The molecule has 178 valence electrons. The van der Waals surface area contributed by atoms with Gasteiger partial charge in [0.2, 0.25) is 0 Å². The molecule has 3 aromatic rings. The number of carbonyl (C=O) groups excluding carboxylic acids is 1. The van der Waals surface area contributed by atoms with Crippen LogP contribution in [-0.4, -0.2) is 42.6 Å². The number of hydrogen-bond acceptors (Lipinski definition) is 5. The quantitative estimate of drug-likeness (QED) is 0.590. The first-order chi connectivity index (χ1) is 16.2. The first-order valence-electron chi connectivity index (χ1n) is 11.2. The fraction of sp³-hybridized carbons (Fsp3) is 0.417. The molecular weight excluding hydrogens is 463 g/mol. The van der Waals surface area contributed by atoms with E-state index >= 15 is 0 Å². The van der Waals surface area contributed by atoms with Gasteiger partial charge < -0.3 is 14.7 Å². The van der Waals surface area contributed by atoms with E-state index in [0.29, 0.717) is 55.1 Å². The number of hydrogen-bond donors (Lipinski definition) is 1. The van der Waals surface area contributed by atoms with Crippen LogP contribution in [0.3, 0.4) is 0 Å². The maximum atomic E-state index is 14.0. The normalized spacial score (nSPS) is 19.9. The molecule has 8 nitrogen and oxygen atoms in total. The summed E-state index contributed by atoms with van der Waals surface area (Å²) in [6.45, 7) is 4.33. The molecule has 2 aliphatic rings. The van der Waals surface area contributed by atoms with Crippen LogP contribution in [-0.2, 0) is 17.9 Å². The van der Waals surface area contributed by atoms with Gasteiger partial charge in [-0.1, -0.05) is 11.6 Å². The number of nitrogens with zero attached hydrogens (tertiary/aromatic N) is 4. The molecule has 2 aromatic heterocycles. The Morgan fingerprint density at radius 3 is 2.62 bits per heavy atom. The predicted molar refractivity (Wildman–Crippen MR) is 121 cm³/mol. The van der Waals surface area contributed by atoms with E-state index in [4.69, 9.17) is 16.3 Å². The fourth-order valence-electron chi connectivity index (χ4n) is 4.80. The van der Waals surface area contributed by atoms with Crippen LogP contribution in [0.5, 0.6) is 5.75 Å². The Bertz CT molecular complexity index is 1320. The van der Waals surface area contributed by atoms with Crippen LogP contribution in [0.2, 0.25) is 5.02 Å². The number of carboxylic acids is 1. The Labute approximate surface area is 200 Å². The first kappa shape index (κ1) is 22.6. The number of fused-ring (bicyclic) bond motifs is 3. The van der Waals surface area contributed by atoms with Crippen molar-refractivity contribution in [2.24, 2.45) is 5.92 Å². The van der Waals surface area contributed by atoms with Gasteiger partial charge in [-0.3, -0.25) is 9.59 Å². The van der Waals surface area contributed by atoms with Crippen molar-refractivity contribution in [2.45, 2.75) is 58.7 Å². The van der Waals surface area contributed by atoms with Crippen LogP contribution in [0.15, 0.2) is 18.2 Å². The molecule has 0 unspecified atom stereocenters. The molecule has 1 aliphatic carbocycles. The molecule has 1 aliphatic heterocycles. The average molecular weight is 487 g/mol. The Morgan fingerprint density at radius 2 is 1.91 bits per heavy atom. The molecule has 0 spiro atoms. The van der Waals surface area contributed by atoms with Gasteiger partial charge in [0, 0.05) is 11.6 Å². The van der Waals surface area contributed by atoms with Crippen molar-refractivity contribution in [3.8, 4) is 5.75 Å². The second-order valence-corrected chi connectivity index (χ2v) is 9.37. The van der Waals surface area contributed by atoms with E-state index in [2.05, 4.69) is 10.1 Å². The van der Waals surface area contributed by atoms with Crippen molar-refractivity contribution in [3.63, 3.8) is 0 Å². The highest BCUT2D eigenvalue weighted by atomic mass is 35.5. The highest BCUT2D eigenvalue weighted by Crippen LogP contribution is 2.33. The van der Waals surface area contributed by atoms with E-state index in [1.54, 1.807) is 9.42 Å². The number of amides is 1. The van der Waals surface area contributed by atoms with Crippen LogP contribution in [0.1, 0.15) is 58.7 Å². The van der Waals surface area contributed by atoms with Gasteiger partial charge in [0.05, 0.1) is 52.8 Å². The maximum Gasteiger partial charge on any atom is 0.306 e. The van der Waals surface area contributed by atoms with E-state index in [1.165, 1.54) is 18.2 Å². The number of rotatable bonds is 4. The smallest absolute Gasteiger partial charge is 0.306 e. The molecule has 1 saturated carbocycles. The van der Waals surface area contributed by atoms with Gasteiger partial charge in [-0.25, -0.2) is 13.9 Å². The molecule has 3 heterocycles. The summed E-state index contributed by atoms with van der Waals surface area (Å²) in [6, 6.07) is 3.90. The Balaban J connectivity index is 1.37. The maximum absolute atomic E-state index is 14.0. The van der Waals surface area contributed by atoms with Crippen LogP contribution in [0.25, 0.3) is 5.65 Å². The number of carbonyl (C=O) groups is 2. The van der Waals surface area contributed by atoms with E-state index in [1.807, 2.05) is 13.8 Å². The third-order valence-electron chi connectivity index (χ3n) is 6.73. The third kappa shape index (κ3) is 3.87. The predicted octanol–water partition coefficient (Wildman–Crippen LogP) is 4.32. The summed E-state index contributed by atoms with van der Waals surface area (Å²) in [6.07, 6.45) is 1.82. The lowest BCUT2D eigenvalue weighted by atomic mass is 9.87. The molecule has 1 aromatic carbocycles. The van der Waals surface area contributed by atoms with Crippen LogP contribution in [0.4, 0.5) is 4.39 Å². The number of aromatic nitrogens is 3. The molecular formula is C24H24ClFN4O4. The zero-order valence-electron chi connectivity index (χ0n) is 18.8. The van der Waals surface area contributed by atoms with E-state index in [0.717, 1.165) is 17.0 Å². The van der Waals surface area contributed by atoms with Gasteiger partial charge in [-0.15, -0.1) is 0 Å². The van der Waals surface area contributed by atoms with E-state index in [9.17, 15) is 19.1 Å². The van der Waals surface area contributed by atoms with Gasteiger partial charge in [-0.2, -0.15) is 5.10 Å². The van der Waals surface area contributed by atoms with Crippen molar-refractivity contribution in [1.29, 1.82) is 0 Å². The van der Waals surface area contributed by atoms with Gasteiger partial charge in [0.15, 0.2) is 5.65 Å². The summed E-state index contributed by atoms with van der Waals surface area (Å²) in [4.78, 5) is 30.8. The van der Waals surface area contributed by atoms with Crippen LogP contribution in [0, 0.1) is 25.6 Å². The van der Waals surface area contributed by atoms with Gasteiger partial charge in [-0.05, 0) is 51.7 Å². The lowest BCUT2D eigenvalue weighted by Crippen LogP contribution is -2.30. The zero-order chi connectivity index (χ0) is 24.1. The second kappa shape index (κ2) is 8.54. The van der Waals surface area contributed by atoms with Crippen molar-refractivity contribution in [2.75, 3.05) is 0 Å². The summed E-state index contributed by atoms with van der Waals surface area (Å²) in [5.41, 5.74) is 4.06. The minimum absolute atomic E-state index is 0.180. The minimum atomic E-state index is -0.804. The number of carboxylic acid groups (broad SMARTS) is 1. The van der Waals surface area contributed by atoms with E-state index in [-0.39, 0.29) is 29.2 Å². The molecule has 1 amide bonds. The number of halogens is 2. The Morgan fingerprint density at radius 1 is 1.18 bits per heavy atom. The van der Waals surface area contributed by atoms with Crippen molar-refractivity contribution >= 4 is 29.1 Å². The highest BCUT2D eigenvalue weighted by Gasteiger charge is 2.33. The number of aryl methyl sites for hydroxylation is 2. The van der Waals surface area contributed by atoms with Gasteiger partial charge in [0.25, 0.3) is 5.91 Å². The lowest BCUT2D eigenvalue weighted by molar-refractivity contribution is -0.143. The zero-order valence-corrected chi connectivity index (χ0v) is 19.6. The molecule has 10 heteroatoms. The number of ether oxygens (including phenoxy) is 1. The molecule has 0 bridgehead atoms. The Kier molecular flexibility index (Phi) is 5.67. The average Bonchev–Trinajstić information content (AvgIpc) is 3.37. The van der Waals surface area contributed by atoms with E-state index < -0.39 is 11.8 Å². The molecule has 1 N–H and O–H groups in total. The lowest BCUT2D eigenvalue weighted by Gasteiger charge is -2.28. The summed E-state index contributed by atoms with van der Waals surface area (Å²) in [7, 11) is 0. The summed E-state index contributed by atoms with van der Waals surface area (Å²) >= 11 is 6.31. The molecule has 1 fully saturated rings. The first-order valence-corrected chi connectivity index (χ1v) is 11.6.